The quantitative estimate of drug-likeness (QED) is 0.225. The van der Waals surface area contributed by atoms with Gasteiger partial charge in [-0.05, 0) is 68.6 Å². The van der Waals surface area contributed by atoms with Crippen molar-refractivity contribution in [1.82, 2.24) is 4.98 Å². The number of nitrogens with zero attached hydrogens (tertiary/aromatic N) is 1. The zero-order valence-electron chi connectivity index (χ0n) is 23.7. The van der Waals surface area contributed by atoms with Crippen LogP contribution in [0.25, 0.3) is 44.1 Å². The van der Waals surface area contributed by atoms with E-state index in [1.54, 1.807) is 0 Å². The van der Waals surface area contributed by atoms with Gasteiger partial charge in [0.15, 0.2) is 0 Å². The Balaban J connectivity index is 1.41. The van der Waals surface area contributed by atoms with Gasteiger partial charge in [0.1, 0.15) is 0 Å². The van der Waals surface area contributed by atoms with E-state index in [2.05, 4.69) is 147 Å². The van der Waals surface area contributed by atoms with Crippen LogP contribution in [0.5, 0.6) is 0 Å². The second kappa shape index (κ2) is 8.59. The molecule has 5 heteroatoms. The minimum atomic E-state index is -0.408. The lowest BCUT2D eigenvalue weighted by molar-refractivity contribution is 0.00578. The van der Waals surface area contributed by atoms with Gasteiger partial charge in [-0.2, -0.15) is 0 Å². The molecule has 0 saturated carbocycles. The maximum atomic E-state index is 6.41. The molecule has 0 amide bonds. The molecule has 0 radical (unpaired) electrons. The zero-order valence-corrected chi connectivity index (χ0v) is 23.7. The molecule has 6 aromatic rings. The van der Waals surface area contributed by atoms with Crippen LogP contribution < -0.4 is 10.4 Å². The van der Waals surface area contributed by atoms with Crippen LogP contribution >= 0.6 is 0 Å². The fourth-order valence-corrected chi connectivity index (χ4v) is 6.36. The first-order valence-corrected chi connectivity index (χ1v) is 14.3. The summed E-state index contributed by atoms with van der Waals surface area (Å²) in [6.45, 7) is 8.39. The van der Waals surface area contributed by atoms with Crippen LogP contribution in [-0.4, -0.2) is 23.3 Å². The molecule has 0 spiro atoms. The second-order valence-electron chi connectivity index (χ2n) is 12.1. The summed E-state index contributed by atoms with van der Waals surface area (Å²) in [5, 5.41) is 2.34. The van der Waals surface area contributed by atoms with Crippen molar-refractivity contribution in [2.75, 3.05) is 4.90 Å². The van der Waals surface area contributed by atoms with Crippen LogP contribution in [0.15, 0.2) is 109 Å². The summed E-state index contributed by atoms with van der Waals surface area (Å²) in [5.74, 6) is 0. The lowest BCUT2D eigenvalue weighted by Crippen LogP contribution is -2.41. The predicted molar refractivity (Wildman–Crippen MR) is 171 cm³/mol. The van der Waals surface area contributed by atoms with E-state index in [9.17, 15) is 0 Å². The summed E-state index contributed by atoms with van der Waals surface area (Å²) < 4.78 is 12.8. The second-order valence-corrected chi connectivity index (χ2v) is 12.1. The molecule has 8 rings (SSSR count). The smallest absolute Gasteiger partial charge is 0.399 e. The fraction of sp³-hybridized carbons (Fsp3) is 0.167. The van der Waals surface area contributed by atoms with Crippen molar-refractivity contribution in [3.05, 3.63) is 109 Å². The minimum Gasteiger partial charge on any atom is -0.399 e. The number of nitrogens with one attached hydrogen (secondary N) is 1. The Hall–Kier alpha value is -4.32. The average Bonchev–Trinajstić information content (AvgIpc) is 3.41. The van der Waals surface area contributed by atoms with E-state index in [-0.39, 0.29) is 11.2 Å². The summed E-state index contributed by atoms with van der Waals surface area (Å²) in [6, 6.07) is 39.2. The molecule has 200 valence electrons. The van der Waals surface area contributed by atoms with E-state index in [1.807, 2.05) is 0 Å². The van der Waals surface area contributed by atoms with Gasteiger partial charge >= 0.3 is 7.12 Å². The van der Waals surface area contributed by atoms with Gasteiger partial charge in [-0.25, -0.2) is 0 Å². The number of rotatable bonds is 2. The maximum absolute atomic E-state index is 6.41. The van der Waals surface area contributed by atoms with Gasteiger partial charge in [0.25, 0.3) is 0 Å². The van der Waals surface area contributed by atoms with Crippen LogP contribution in [0.4, 0.5) is 17.1 Å². The molecule has 5 aromatic carbocycles. The number of fused-ring (bicyclic) bond motifs is 9. The number of H-pyrrole nitrogens is 1. The molecule has 0 atom stereocenters. The average molecular weight is 534 g/mol. The molecule has 1 N–H and O–H groups in total. The number of aromatic amines is 1. The highest BCUT2D eigenvalue weighted by Crippen LogP contribution is 2.53. The van der Waals surface area contributed by atoms with E-state index in [0.29, 0.717) is 0 Å². The van der Waals surface area contributed by atoms with E-state index in [0.717, 1.165) is 38.9 Å². The number of anilines is 3. The molecule has 0 bridgehead atoms. The number of aromatic nitrogens is 1. The van der Waals surface area contributed by atoms with Crippen molar-refractivity contribution in [2.24, 2.45) is 0 Å². The SMILES string of the molecule is CC1(C)OB(c2ccc3[nH]c4c5c(ccc4c3c2)-c2ccccc2-c2ccccc2N5c2ccccc2)OC1(C)C. The molecular weight excluding hydrogens is 503 g/mol. The zero-order chi connectivity index (χ0) is 27.9. The number of para-hydroxylation sites is 2. The number of hydrogen-bond acceptors (Lipinski definition) is 3. The highest BCUT2D eigenvalue weighted by Gasteiger charge is 2.51. The Morgan fingerprint density at radius 2 is 1.24 bits per heavy atom. The van der Waals surface area contributed by atoms with Crippen LogP contribution in [0, 0.1) is 0 Å². The van der Waals surface area contributed by atoms with Gasteiger partial charge in [-0.3, -0.25) is 0 Å². The molecule has 1 aromatic heterocycles. The molecule has 2 aliphatic rings. The Bertz CT molecular complexity index is 1960. The topological polar surface area (TPSA) is 37.5 Å². The summed E-state index contributed by atoms with van der Waals surface area (Å²) >= 11 is 0. The van der Waals surface area contributed by atoms with Crippen molar-refractivity contribution in [3.8, 4) is 22.3 Å². The van der Waals surface area contributed by atoms with Crippen molar-refractivity contribution in [1.29, 1.82) is 0 Å². The molecule has 0 aliphatic carbocycles. The first-order valence-electron chi connectivity index (χ1n) is 14.3. The molecular formula is C36H31BN2O2. The minimum absolute atomic E-state index is 0.388. The fourth-order valence-electron chi connectivity index (χ4n) is 6.36. The summed E-state index contributed by atoms with van der Waals surface area (Å²) in [7, 11) is -0.408. The number of hydrogen-bond donors (Lipinski definition) is 1. The van der Waals surface area contributed by atoms with Gasteiger partial charge in [-0.1, -0.05) is 84.9 Å². The van der Waals surface area contributed by atoms with Crippen molar-refractivity contribution in [3.63, 3.8) is 0 Å². The Labute approximate surface area is 240 Å². The normalized spacial score (nSPS) is 16.9. The summed E-state index contributed by atoms with van der Waals surface area (Å²) in [6.07, 6.45) is 0. The monoisotopic (exact) mass is 534 g/mol. The molecule has 1 fully saturated rings. The van der Waals surface area contributed by atoms with Gasteiger partial charge in [0.2, 0.25) is 0 Å². The van der Waals surface area contributed by atoms with Crippen molar-refractivity contribution < 1.29 is 9.31 Å². The summed E-state index contributed by atoms with van der Waals surface area (Å²) in [4.78, 5) is 6.24. The number of benzene rings is 5. The largest absolute Gasteiger partial charge is 0.494 e. The predicted octanol–water partition coefficient (Wildman–Crippen LogP) is 8.74. The molecule has 41 heavy (non-hydrogen) atoms. The molecule has 4 nitrogen and oxygen atoms in total. The maximum Gasteiger partial charge on any atom is 0.494 e. The van der Waals surface area contributed by atoms with Gasteiger partial charge in [0.05, 0.1) is 28.1 Å². The van der Waals surface area contributed by atoms with Crippen molar-refractivity contribution in [2.45, 2.75) is 38.9 Å². The van der Waals surface area contributed by atoms with Crippen molar-refractivity contribution >= 4 is 51.4 Å². The van der Waals surface area contributed by atoms with Crippen LogP contribution in [0.3, 0.4) is 0 Å². The highest BCUT2D eigenvalue weighted by atomic mass is 16.7. The molecule has 0 unspecified atom stereocenters. The van der Waals surface area contributed by atoms with Crippen LogP contribution in [0.2, 0.25) is 0 Å². The van der Waals surface area contributed by atoms with Gasteiger partial charge in [0, 0.05) is 33.1 Å². The van der Waals surface area contributed by atoms with E-state index >= 15 is 0 Å². The van der Waals surface area contributed by atoms with Gasteiger partial charge in [-0.15, -0.1) is 0 Å². The van der Waals surface area contributed by atoms with E-state index in [4.69, 9.17) is 9.31 Å². The standard InChI is InChI=1S/C36H31BN2O2/c1-35(2)36(3,4)41-37(40-35)23-18-21-31-30(22-23)28-19-20-29-26-15-9-8-14-25(26)27-16-10-11-17-32(27)39(34(29)33(28)38-31)24-12-6-5-7-13-24/h5-22,38H,1-4H3. The Morgan fingerprint density at radius 1 is 0.610 bits per heavy atom. The third-order valence-corrected chi connectivity index (χ3v) is 9.19. The van der Waals surface area contributed by atoms with Crippen LogP contribution in [-0.2, 0) is 9.31 Å². The third kappa shape index (κ3) is 3.56. The first kappa shape index (κ1) is 24.5. The Morgan fingerprint density at radius 3 is 1.98 bits per heavy atom. The molecule has 1 saturated heterocycles. The third-order valence-electron chi connectivity index (χ3n) is 9.19. The van der Waals surface area contributed by atoms with Gasteiger partial charge < -0.3 is 19.2 Å². The lowest BCUT2D eigenvalue weighted by atomic mass is 9.78. The summed E-state index contributed by atoms with van der Waals surface area (Å²) in [5.41, 5.74) is 10.8. The van der Waals surface area contributed by atoms with E-state index < -0.39 is 7.12 Å². The Kier molecular flexibility index (Phi) is 5.13. The van der Waals surface area contributed by atoms with E-state index in [1.165, 1.54) is 27.6 Å². The van der Waals surface area contributed by atoms with Crippen LogP contribution in [0.1, 0.15) is 27.7 Å². The molecule has 3 heterocycles. The molecule has 2 aliphatic heterocycles. The first-order chi connectivity index (χ1) is 19.8. The lowest BCUT2D eigenvalue weighted by Gasteiger charge is -2.32. The highest BCUT2D eigenvalue weighted by molar-refractivity contribution is 6.62.